The van der Waals surface area contributed by atoms with Crippen LogP contribution in [0.2, 0.25) is 0 Å². The molecule has 1 aliphatic heterocycles. The molecule has 1 saturated heterocycles. The quantitative estimate of drug-likeness (QED) is 0.264. The number of halogens is 1. The second kappa shape index (κ2) is 11.5. The van der Waals surface area contributed by atoms with Crippen LogP contribution in [0.15, 0.2) is 4.99 Å². The zero-order valence-electron chi connectivity index (χ0n) is 14.7. The summed E-state index contributed by atoms with van der Waals surface area (Å²) in [5, 5.41) is 6.90. The highest BCUT2D eigenvalue weighted by Gasteiger charge is 2.31. The number of ether oxygens (including phenoxy) is 2. The number of hydrogen-bond acceptors (Lipinski definition) is 3. The summed E-state index contributed by atoms with van der Waals surface area (Å²) in [5.74, 6) is 0.920. The van der Waals surface area contributed by atoms with Crippen LogP contribution in [0.5, 0.6) is 0 Å². The van der Waals surface area contributed by atoms with Gasteiger partial charge in [-0.3, -0.25) is 4.99 Å². The Balaban J connectivity index is 0.00000264. The van der Waals surface area contributed by atoms with Crippen molar-refractivity contribution in [1.29, 1.82) is 0 Å². The van der Waals surface area contributed by atoms with Gasteiger partial charge in [-0.1, -0.05) is 19.8 Å². The second-order valence-electron chi connectivity index (χ2n) is 6.62. The predicted octanol–water partition coefficient (Wildman–Crippen LogP) is 2.94. The van der Waals surface area contributed by atoms with Gasteiger partial charge in [0, 0.05) is 33.4 Å². The molecule has 1 saturated carbocycles. The maximum absolute atomic E-state index is 5.77. The summed E-state index contributed by atoms with van der Waals surface area (Å²) in [6.07, 6.45) is 9.06. The predicted molar refractivity (Wildman–Crippen MR) is 106 cm³/mol. The summed E-state index contributed by atoms with van der Waals surface area (Å²) in [4.78, 5) is 4.32. The van der Waals surface area contributed by atoms with Gasteiger partial charge < -0.3 is 20.1 Å². The molecule has 1 aliphatic carbocycles. The lowest BCUT2D eigenvalue weighted by atomic mass is 9.83. The van der Waals surface area contributed by atoms with Gasteiger partial charge in [0.1, 0.15) is 0 Å². The number of rotatable bonds is 8. The molecule has 2 fully saturated rings. The van der Waals surface area contributed by atoms with Crippen LogP contribution in [0.4, 0.5) is 0 Å². The van der Waals surface area contributed by atoms with Gasteiger partial charge in [0.15, 0.2) is 5.96 Å². The first-order chi connectivity index (χ1) is 10.8. The van der Waals surface area contributed by atoms with Crippen molar-refractivity contribution < 1.29 is 9.47 Å². The van der Waals surface area contributed by atoms with E-state index in [4.69, 9.17) is 9.47 Å². The Kier molecular flexibility index (Phi) is 10.5. The van der Waals surface area contributed by atoms with Crippen molar-refractivity contribution in [1.82, 2.24) is 10.6 Å². The van der Waals surface area contributed by atoms with Crippen molar-refractivity contribution in [3.05, 3.63) is 0 Å². The minimum Gasteiger partial charge on any atom is -0.379 e. The van der Waals surface area contributed by atoms with Crippen molar-refractivity contribution in [2.24, 2.45) is 10.4 Å². The number of nitrogens with one attached hydrogen (secondary N) is 2. The fourth-order valence-corrected chi connectivity index (χ4v) is 3.45. The van der Waals surface area contributed by atoms with Crippen LogP contribution in [0.3, 0.4) is 0 Å². The molecule has 5 nitrogen and oxygen atoms in total. The van der Waals surface area contributed by atoms with Crippen LogP contribution < -0.4 is 10.6 Å². The van der Waals surface area contributed by atoms with E-state index in [-0.39, 0.29) is 24.0 Å². The lowest BCUT2D eigenvalue weighted by molar-refractivity contribution is 0.0420. The summed E-state index contributed by atoms with van der Waals surface area (Å²) < 4.78 is 11.1. The zero-order valence-corrected chi connectivity index (χ0v) is 17.1. The average Bonchev–Trinajstić information content (AvgIpc) is 3.22. The SMILES string of the molecule is CCC1(CNC(=NC)NCCCOC2CCOC2)CCCC1.I. The standard InChI is InChI=1S/C17H33N3O2.HI/c1-3-17(8-4-5-9-17)14-20-16(18-2)19-10-6-11-22-15-7-12-21-13-15;/h15H,3-14H2,1-2H3,(H2,18,19,20);1H. The molecule has 1 atom stereocenters. The van der Waals surface area contributed by atoms with Crippen LogP contribution >= 0.6 is 24.0 Å². The number of nitrogens with zero attached hydrogens (tertiary/aromatic N) is 1. The number of guanidine groups is 1. The molecule has 0 amide bonds. The Morgan fingerprint density at radius 1 is 1.30 bits per heavy atom. The molecule has 1 heterocycles. The Hall–Kier alpha value is -0.0800. The highest BCUT2D eigenvalue weighted by molar-refractivity contribution is 14.0. The highest BCUT2D eigenvalue weighted by atomic mass is 127. The molecule has 6 heteroatoms. The first kappa shape index (κ1) is 21.0. The first-order valence-corrected chi connectivity index (χ1v) is 8.92. The lowest BCUT2D eigenvalue weighted by Crippen LogP contribution is -2.43. The Labute approximate surface area is 158 Å². The van der Waals surface area contributed by atoms with E-state index in [1.54, 1.807) is 0 Å². The van der Waals surface area contributed by atoms with E-state index in [1.165, 1.54) is 32.1 Å². The second-order valence-corrected chi connectivity index (χ2v) is 6.62. The van der Waals surface area contributed by atoms with Crippen molar-refractivity contribution in [3.63, 3.8) is 0 Å². The monoisotopic (exact) mass is 439 g/mol. The zero-order chi connectivity index (χ0) is 15.7. The summed E-state index contributed by atoms with van der Waals surface area (Å²) in [7, 11) is 1.84. The molecule has 0 aromatic heterocycles. The molecule has 2 N–H and O–H groups in total. The van der Waals surface area contributed by atoms with Gasteiger partial charge in [0.25, 0.3) is 0 Å². The molecule has 0 radical (unpaired) electrons. The molecule has 0 aromatic rings. The fourth-order valence-electron chi connectivity index (χ4n) is 3.45. The normalized spacial score (nSPS) is 23.6. The van der Waals surface area contributed by atoms with E-state index in [2.05, 4.69) is 22.5 Å². The Morgan fingerprint density at radius 3 is 2.70 bits per heavy atom. The van der Waals surface area contributed by atoms with Crippen LogP contribution in [0.1, 0.15) is 51.9 Å². The van der Waals surface area contributed by atoms with Gasteiger partial charge in [0.2, 0.25) is 0 Å². The molecule has 0 bridgehead atoms. The van der Waals surface area contributed by atoms with E-state index in [9.17, 15) is 0 Å². The third-order valence-corrected chi connectivity index (χ3v) is 5.12. The van der Waals surface area contributed by atoms with Crippen molar-refractivity contribution >= 4 is 29.9 Å². The Bertz CT molecular complexity index is 341. The third kappa shape index (κ3) is 7.13. The molecular formula is C17H34IN3O2. The van der Waals surface area contributed by atoms with Crippen LogP contribution in [0.25, 0.3) is 0 Å². The average molecular weight is 439 g/mol. The molecule has 0 aromatic carbocycles. The molecule has 136 valence electrons. The summed E-state index contributed by atoms with van der Waals surface area (Å²) in [6.45, 7) is 6.64. The maximum Gasteiger partial charge on any atom is 0.190 e. The van der Waals surface area contributed by atoms with Crippen LogP contribution in [-0.2, 0) is 9.47 Å². The van der Waals surface area contributed by atoms with Gasteiger partial charge >= 0.3 is 0 Å². The van der Waals surface area contributed by atoms with Gasteiger partial charge in [-0.25, -0.2) is 0 Å². The van der Waals surface area contributed by atoms with E-state index in [0.717, 1.165) is 51.7 Å². The Morgan fingerprint density at radius 2 is 2.09 bits per heavy atom. The van der Waals surface area contributed by atoms with Gasteiger partial charge in [-0.15, -0.1) is 24.0 Å². The number of hydrogen-bond donors (Lipinski definition) is 2. The fraction of sp³-hybridized carbons (Fsp3) is 0.941. The van der Waals surface area contributed by atoms with E-state index in [1.807, 2.05) is 7.05 Å². The molecule has 1 unspecified atom stereocenters. The van der Waals surface area contributed by atoms with Crippen molar-refractivity contribution in [2.75, 3.05) is 40.0 Å². The van der Waals surface area contributed by atoms with Gasteiger partial charge in [0.05, 0.1) is 12.7 Å². The van der Waals surface area contributed by atoms with Crippen molar-refractivity contribution in [3.8, 4) is 0 Å². The topological polar surface area (TPSA) is 54.9 Å². The van der Waals surface area contributed by atoms with E-state index >= 15 is 0 Å². The molecular weight excluding hydrogens is 405 g/mol. The largest absolute Gasteiger partial charge is 0.379 e. The van der Waals surface area contributed by atoms with E-state index in [0.29, 0.717) is 11.5 Å². The molecule has 0 spiro atoms. The van der Waals surface area contributed by atoms with Crippen LogP contribution in [0, 0.1) is 5.41 Å². The summed E-state index contributed by atoms with van der Waals surface area (Å²) in [5.41, 5.74) is 0.489. The van der Waals surface area contributed by atoms with Crippen LogP contribution in [-0.4, -0.2) is 52.0 Å². The molecule has 2 aliphatic rings. The van der Waals surface area contributed by atoms with Crippen molar-refractivity contribution in [2.45, 2.75) is 58.0 Å². The highest BCUT2D eigenvalue weighted by Crippen LogP contribution is 2.40. The third-order valence-electron chi connectivity index (χ3n) is 5.12. The minimum atomic E-state index is 0. The maximum atomic E-state index is 5.77. The first-order valence-electron chi connectivity index (χ1n) is 8.92. The molecule has 2 rings (SSSR count). The molecule has 23 heavy (non-hydrogen) atoms. The van der Waals surface area contributed by atoms with E-state index < -0.39 is 0 Å². The van der Waals surface area contributed by atoms with Gasteiger partial charge in [-0.2, -0.15) is 0 Å². The number of aliphatic imine (C=N–C) groups is 1. The lowest BCUT2D eigenvalue weighted by Gasteiger charge is -2.28. The van der Waals surface area contributed by atoms with Gasteiger partial charge in [-0.05, 0) is 37.5 Å². The minimum absolute atomic E-state index is 0. The smallest absolute Gasteiger partial charge is 0.190 e. The summed E-state index contributed by atoms with van der Waals surface area (Å²) >= 11 is 0. The summed E-state index contributed by atoms with van der Waals surface area (Å²) in [6, 6.07) is 0.